The van der Waals surface area contributed by atoms with Gasteiger partial charge in [-0.15, -0.1) is 0 Å². The molecule has 3 rings (SSSR count). The third kappa shape index (κ3) is 2.36. The van der Waals surface area contributed by atoms with Crippen molar-refractivity contribution >= 4 is 0 Å². The Labute approximate surface area is 101 Å². The smallest absolute Gasteiger partial charge is 0.0901 e. The van der Waals surface area contributed by atoms with Gasteiger partial charge in [-0.1, -0.05) is 0 Å². The first-order valence-corrected chi connectivity index (χ1v) is 5.81. The first kappa shape index (κ1) is 10.1. The van der Waals surface area contributed by atoms with Gasteiger partial charge in [-0.2, -0.15) is 0 Å². The summed E-state index contributed by atoms with van der Waals surface area (Å²) < 4.78 is 0. The lowest BCUT2D eigenvalue weighted by Gasteiger charge is -2.20. The van der Waals surface area contributed by atoms with Gasteiger partial charge in [-0.3, -0.25) is 0 Å². The third-order valence-electron chi connectivity index (χ3n) is 2.92. The maximum atomic E-state index is 3.22. The van der Waals surface area contributed by atoms with Crippen LogP contribution in [0.15, 0.2) is 49.1 Å². The summed E-state index contributed by atoms with van der Waals surface area (Å²) in [4.78, 5) is 11.0. The van der Waals surface area contributed by atoms with Crippen LogP contribution in [0.1, 0.15) is 11.4 Å². The van der Waals surface area contributed by atoms with E-state index in [2.05, 4.69) is 44.3 Å². The van der Waals surface area contributed by atoms with Crippen LogP contribution in [0, 0.1) is 0 Å². The zero-order valence-electron chi connectivity index (χ0n) is 9.63. The zero-order valence-corrected chi connectivity index (χ0v) is 9.63. The van der Waals surface area contributed by atoms with Crippen molar-refractivity contribution in [1.82, 2.24) is 19.8 Å². The van der Waals surface area contributed by atoms with Crippen LogP contribution < -0.4 is 0 Å². The fourth-order valence-corrected chi connectivity index (χ4v) is 2.09. The average Bonchev–Trinajstić information content (AvgIpc) is 3.02. The van der Waals surface area contributed by atoms with Crippen molar-refractivity contribution in [2.24, 2.45) is 0 Å². The van der Waals surface area contributed by atoms with Crippen molar-refractivity contribution in [3.63, 3.8) is 0 Å². The Morgan fingerprint density at radius 2 is 1.41 bits per heavy atom. The molecule has 0 radical (unpaired) electrons. The Bertz CT molecular complexity index is 425. The monoisotopic (exact) mass is 228 g/mol. The van der Waals surface area contributed by atoms with E-state index in [-0.39, 0.29) is 0 Å². The van der Waals surface area contributed by atoms with Crippen molar-refractivity contribution < 1.29 is 0 Å². The molecular formula is C13H16N4. The number of aromatic nitrogens is 2. The van der Waals surface area contributed by atoms with E-state index < -0.39 is 0 Å². The minimum Gasteiger partial charge on any atom is -0.364 e. The van der Waals surface area contributed by atoms with E-state index in [0.717, 1.165) is 19.8 Å². The Balaban J connectivity index is 1.54. The lowest BCUT2D eigenvalue weighted by Crippen LogP contribution is -2.24. The van der Waals surface area contributed by atoms with Crippen LogP contribution in [0.4, 0.5) is 0 Å². The molecular weight excluding hydrogens is 212 g/mol. The zero-order chi connectivity index (χ0) is 11.5. The summed E-state index contributed by atoms with van der Waals surface area (Å²) in [6.07, 6.45) is 8.21. The van der Waals surface area contributed by atoms with Crippen LogP contribution in [-0.2, 0) is 13.1 Å². The van der Waals surface area contributed by atoms with E-state index in [9.17, 15) is 0 Å². The van der Waals surface area contributed by atoms with E-state index in [0.29, 0.717) is 0 Å². The molecule has 4 heteroatoms. The SMILES string of the molecule is C1=CN(Cc2ccc[nH]2)CN1Cc1ccc[nH]1. The predicted octanol–water partition coefficient (Wildman–Crippen LogP) is 2.09. The van der Waals surface area contributed by atoms with E-state index in [1.165, 1.54) is 11.4 Å². The van der Waals surface area contributed by atoms with Gasteiger partial charge in [0.1, 0.15) is 0 Å². The number of H-pyrrole nitrogens is 2. The Morgan fingerprint density at radius 1 is 0.882 bits per heavy atom. The maximum absolute atomic E-state index is 3.22. The minimum absolute atomic E-state index is 0.935. The summed E-state index contributed by atoms with van der Waals surface area (Å²) in [5.74, 6) is 0. The molecule has 88 valence electrons. The van der Waals surface area contributed by atoms with Gasteiger partial charge in [0.2, 0.25) is 0 Å². The van der Waals surface area contributed by atoms with Crippen LogP contribution >= 0.6 is 0 Å². The minimum atomic E-state index is 0.935. The van der Waals surface area contributed by atoms with Crippen molar-refractivity contribution in [2.45, 2.75) is 13.1 Å². The summed E-state index contributed by atoms with van der Waals surface area (Å²) in [6, 6.07) is 8.29. The number of rotatable bonds is 4. The van der Waals surface area contributed by atoms with Gasteiger partial charge in [-0.05, 0) is 24.3 Å². The summed E-state index contributed by atoms with van der Waals surface area (Å²) in [6.45, 7) is 2.81. The molecule has 0 saturated carbocycles. The normalized spacial score (nSPS) is 14.8. The van der Waals surface area contributed by atoms with Gasteiger partial charge in [-0.25, -0.2) is 0 Å². The number of nitrogens with zero attached hydrogens (tertiary/aromatic N) is 2. The maximum Gasteiger partial charge on any atom is 0.0901 e. The van der Waals surface area contributed by atoms with Gasteiger partial charge >= 0.3 is 0 Å². The second kappa shape index (κ2) is 4.41. The molecule has 0 amide bonds. The molecule has 2 aromatic rings. The molecule has 0 unspecified atom stereocenters. The average molecular weight is 228 g/mol. The van der Waals surface area contributed by atoms with E-state index in [1.807, 2.05) is 24.5 Å². The lowest BCUT2D eigenvalue weighted by atomic mass is 10.4. The standard InChI is InChI=1S/C13H16N4/c1-3-12(14-5-1)9-16-7-8-17(11-16)10-13-4-2-6-15-13/h1-8,14-15H,9-11H2. The van der Waals surface area contributed by atoms with Crippen LogP contribution in [0.3, 0.4) is 0 Å². The largest absolute Gasteiger partial charge is 0.364 e. The molecule has 0 aliphatic carbocycles. The summed E-state index contributed by atoms with van der Waals surface area (Å²) in [7, 11) is 0. The molecule has 1 aliphatic heterocycles. The summed E-state index contributed by atoms with van der Waals surface area (Å²) in [5.41, 5.74) is 2.49. The molecule has 0 bridgehead atoms. The summed E-state index contributed by atoms with van der Waals surface area (Å²) >= 11 is 0. The molecule has 4 nitrogen and oxygen atoms in total. The molecule has 0 atom stereocenters. The quantitative estimate of drug-likeness (QED) is 0.841. The van der Waals surface area contributed by atoms with Gasteiger partial charge < -0.3 is 19.8 Å². The topological polar surface area (TPSA) is 38.1 Å². The van der Waals surface area contributed by atoms with Crippen molar-refractivity contribution in [3.05, 3.63) is 60.4 Å². The highest BCUT2D eigenvalue weighted by atomic mass is 15.3. The van der Waals surface area contributed by atoms with Crippen LogP contribution in [-0.4, -0.2) is 26.4 Å². The van der Waals surface area contributed by atoms with Gasteiger partial charge in [0.25, 0.3) is 0 Å². The third-order valence-corrected chi connectivity index (χ3v) is 2.92. The molecule has 0 aromatic carbocycles. The van der Waals surface area contributed by atoms with Crippen molar-refractivity contribution in [2.75, 3.05) is 6.67 Å². The fraction of sp³-hybridized carbons (Fsp3) is 0.231. The Morgan fingerprint density at radius 3 is 1.82 bits per heavy atom. The number of hydrogen-bond acceptors (Lipinski definition) is 2. The highest BCUT2D eigenvalue weighted by Gasteiger charge is 2.13. The Hall–Kier alpha value is -2.10. The Kier molecular flexibility index (Phi) is 2.62. The first-order valence-electron chi connectivity index (χ1n) is 5.81. The fourth-order valence-electron chi connectivity index (χ4n) is 2.09. The molecule has 0 saturated heterocycles. The van der Waals surface area contributed by atoms with Crippen LogP contribution in [0.5, 0.6) is 0 Å². The molecule has 2 aromatic heterocycles. The van der Waals surface area contributed by atoms with Gasteiger partial charge in [0, 0.05) is 36.2 Å². The molecule has 1 aliphatic rings. The summed E-state index contributed by atoms with van der Waals surface area (Å²) in [5, 5.41) is 0. The number of hydrogen-bond donors (Lipinski definition) is 2. The molecule has 2 N–H and O–H groups in total. The first-order chi connectivity index (χ1) is 8.40. The highest BCUT2D eigenvalue weighted by molar-refractivity contribution is 5.07. The highest BCUT2D eigenvalue weighted by Crippen LogP contribution is 2.13. The van der Waals surface area contributed by atoms with Crippen LogP contribution in [0.2, 0.25) is 0 Å². The van der Waals surface area contributed by atoms with Crippen molar-refractivity contribution in [3.8, 4) is 0 Å². The van der Waals surface area contributed by atoms with E-state index >= 15 is 0 Å². The second-order valence-electron chi connectivity index (χ2n) is 4.32. The van der Waals surface area contributed by atoms with E-state index in [1.54, 1.807) is 0 Å². The van der Waals surface area contributed by atoms with Crippen LogP contribution in [0.25, 0.3) is 0 Å². The molecule has 0 spiro atoms. The van der Waals surface area contributed by atoms with Crippen molar-refractivity contribution in [1.29, 1.82) is 0 Å². The second-order valence-corrected chi connectivity index (χ2v) is 4.32. The lowest BCUT2D eigenvalue weighted by molar-refractivity contribution is 0.251. The predicted molar refractivity (Wildman–Crippen MR) is 66.7 cm³/mol. The van der Waals surface area contributed by atoms with Gasteiger partial charge in [0.05, 0.1) is 19.8 Å². The number of nitrogens with one attached hydrogen (secondary N) is 2. The number of aromatic amines is 2. The molecule has 0 fully saturated rings. The van der Waals surface area contributed by atoms with E-state index in [4.69, 9.17) is 0 Å². The molecule has 17 heavy (non-hydrogen) atoms. The molecule has 3 heterocycles. The van der Waals surface area contributed by atoms with Gasteiger partial charge in [0.15, 0.2) is 0 Å².